The second-order valence-electron chi connectivity index (χ2n) is 16.9. The number of ether oxygens (including phenoxy) is 3. The first-order valence-corrected chi connectivity index (χ1v) is 23.1. The summed E-state index contributed by atoms with van der Waals surface area (Å²) in [5, 5.41) is 1.61. The molecule has 0 N–H and O–H groups in total. The Labute approximate surface area is 291 Å². The molecule has 0 bridgehead atoms. The van der Waals surface area contributed by atoms with Crippen molar-refractivity contribution in [3.8, 4) is 0 Å². The van der Waals surface area contributed by atoms with Crippen LogP contribution < -0.4 is 5.19 Å². The molecule has 4 rings (SSSR count). The lowest BCUT2D eigenvalue weighted by molar-refractivity contribution is -0.156. The Hall–Kier alpha value is -1.36. The van der Waals surface area contributed by atoms with Gasteiger partial charge in [0.05, 0.1) is 41.1 Å². The Balaban J connectivity index is 1.20. The highest BCUT2D eigenvalue weighted by Crippen LogP contribution is 2.44. The second-order valence-corrected chi connectivity index (χ2v) is 21.8. The molecule has 2 aliphatic carbocycles. The molecule has 1 unspecified atom stereocenters. The fraction of sp³-hybridized carbons (Fsp3) is 0.767. The third kappa shape index (κ3) is 11.9. The van der Waals surface area contributed by atoms with E-state index in [1.54, 1.807) is 10.8 Å². The molecule has 0 aromatic heterocycles. The molecule has 1 aromatic carbocycles. The van der Waals surface area contributed by atoms with E-state index in [-0.39, 0.29) is 5.41 Å². The highest BCUT2D eigenvalue weighted by Gasteiger charge is 2.38. The summed E-state index contributed by atoms with van der Waals surface area (Å²) in [6, 6.07) is 11.3. The Kier molecular flexibility index (Phi) is 15.7. The van der Waals surface area contributed by atoms with Gasteiger partial charge in [-0.15, -0.1) is 0 Å². The number of hydrogen-bond acceptors (Lipinski definition) is 3. The lowest BCUT2D eigenvalue weighted by Gasteiger charge is -2.41. The molecule has 0 amide bonds. The van der Waals surface area contributed by atoms with E-state index in [2.05, 4.69) is 64.4 Å². The Bertz CT molecular complexity index is 1060. The summed E-state index contributed by atoms with van der Waals surface area (Å²) in [6.07, 6.45) is 22.2. The van der Waals surface area contributed by atoms with E-state index in [1.165, 1.54) is 102 Å². The summed E-state index contributed by atoms with van der Waals surface area (Å²) in [6.45, 7) is 23.6. The van der Waals surface area contributed by atoms with Gasteiger partial charge in [0, 0.05) is 11.3 Å². The third-order valence-corrected chi connectivity index (χ3v) is 16.0. The van der Waals surface area contributed by atoms with Crippen molar-refractivity contribution in [1.82, 2.24) is 0 Å². The van der Waals surface area contributed by atoms with Gasteiger partial charge in [-0.05, 0) is 93.1 Å². The predicted molar refractivity (Wildman–Crippen MR) is 204 cm³/mol. The van der Waals surface area contributed by atoms with E-state index in [4.69, 9.17) is 14.2 Å². The standard InChI is InChI=1S/C43H72O3Si/c1-8-10-11-13-36-15-17-38(18-16-36)39-19-21-40(22-20-39)41-23-25-42(26-24-41)47(6,7)28-12-14-37(30-46-35(5)34(3)4)29-44-31-43(27-9-2)32-45-33-43/h23-26,36-40H,3,5,8-22,27-33H2,1-2,4,6-7H3. The van der Waals surface area contributed by atoms with Crippen molar-refractivity contribution < 1.29 is 14.2 Å². The van der Waals surface area contributed by atoms with Crippen molar-refractivity contribution in [3.05, 3.63) is 54.3 Å². The van der Waals surface area contributed by atoms with Gasteiger partial charge in [0.1, 0.15) is 5.76 Å². The molecule has 3 aliphatic rings. The van der Waals surface area contributed by atoms with Crippen molar-refractivity contribution in [1.29, 1.82) is 0 Å². The predicted octanol–water partition coefficient (Wildman–Crippen LogP) is 11.6. The first-order valence-electron chi connectivity index (χ1n) is 19.9. The van der Waals surface area contributed by atoms with Gasteiger partial charge in [-0.3, -0.25) is 0 Å². The van der Waals surface area contributed by atoms with Crippen LogP contribution in [0.25, 0.3) is 0 Å². The fourth-order valence-electron chi connectivity index (χ4n) is 8.96. The van der Waals surface area contributed by atoms with Crippen LogP contribution in [0.3, 0.4) is 0 Å². The third-order valence-electron chi connectivity index (χ3n) is 12.5. The molecule has 266 valence electrons. The Morgan fingerprint density at radius 1 is 0.872 bits per heavy atom. The molecule has 4 heteroatoms. The minimum atomic E-state index is -1.53. The normalized spacial score (nSPS) is 25.1. The van der Waals surface area contributed by atoms with Gasteiger partial charge in [-0.1, -0.05) is 127 Å². The van der Waals surface area contributed by atoms with Crippen LogP contribution >= 0.6 is 0 Å². The number of rotatable bonds is 21. The zero-order chi connectivity index (χ0) is 33.7. The summed E-state index contributed by atoms with van der Waals surface area (Å²) < 4.78 is 18.0. The molecular formula is C43H72O3Si. The van der Waals surface area contributed by atoms with Crippen molar-refractivity contribution >= 4 is 13.3 Å². The largest absolute Gasteiger partial charge is 0.494 e. The lowest BCUT2D eigenvalue weighted by Crippen LogP contribution is -2.46. The van der Waals surface area contributed by atoms with Gasteiger partial charge in [-0.2, -0.15) is 0 Å². The molecule has 1 saturated heterocycles. The summed E-state index contributed by atoms with van der Waals surface area (Å²) in [4.78, 5) is 0. The number of unbranched alkanes of at least 4 members (excludes halogenated alkanes) is 2. The van der Waals surface area contributed by atoms with Crippen LogP contribution in [0, 0.1) is 29.1 Å². The smallest absolute Gasteiger partial charge is 0.114 e. The topological polar surface area (TPSA) is 27.7 Å². The molecule has 1 aromatic rings. The van der Waals surface area contributed by atoms with Gasteiger partial charge in [0.15, 0.2) is 0 Å². The van der Waals surface area contributed by atoms with E-state index in [9.17, 15) is 0 Å². The Morgan fingerprint density at radius 2 is 1.53 bits per heavy atom. The molecule has 1 atom stereocenters. The van der Waals surface area contributed by atoms with E-state index >= 15 is 0 Å². The van der Waals surface area contributed by atoms with Crippen LogP contribution in [-0.4, -0.2) is 41.1 Å². The molecule has 1 heterocycles. The van der Waals surface area contributed by atoms with Gasteiger partial charge in [0.25, 0.3) is 0 Å². The molecule has 3 nitrogen and oxygen atoms in total. The first kappa shape index (κ1) is 38.4. The second kappa shape index (κ2) is 19.1. The van der Waals surface area contributed by atoms with Crippen molar-refractivity contribution in [2.24, 2.45) is 29.1 Å². The number of hydrogen-bond donors (Lipinski definition) is 0. The average Bonchev–Trinajstić information content (AvgIpc) is 3.06. The maximum absolute atomic E-state index is 6.35. The van der Waals surface area contributed by atoms with E-state index in [0.717, 1.165) is 62.1 Å². The molecule has 0 radical (unpaired) electrons. The van der Waals surface area contributed by atoms with Crippen molar-refractivity contribution in [2.75, 3.05) is 33.0 Å². The minimum Gasteiger partial charge on any atom is -0.494 e. The van der Waals surface area contributed by atoms with E-state index < -0.39 is 8.07 Å². The SMILES string of the molecule is C=C(C)C(=C)OCC(CCC[Si](C)(C)c1ccc(C2CCC(C3CCC(CCCCC)CC3)CC2)cc1)COCC1(CCC)COC1. The van der Waals surface area contributed by atoms with E-state index in [1.807, 2.05) is 6.92 Å². The Morgan fingerprint density at radius 3 is 2.11 bits per heavy atom. The number of benzene rings is 1. The monoisotopic (exact) mass is 665 g/mol. The molecule has 1 aliphatic heterocycles. The zero-order valence-corrected chi connectivity index (χ0v) is 32.4. The van der Waals surface area contributed by atoms with Crippen LogP contribution in [0.5, 0.6) is 0 Å². The van der Waals surface area contributed by atoms with Gasteiger partial charge in [0.2, 0.25) is 0 Å². The highest BCUT2D eigenvalue weighted by atomic mass is 28.3. The van der Waals surface area contributed by atoms with Crippen LogP contribution in [-0.2, 0) is 14.2 Å². The summed E-state index contributed by atoms with van der Waals surface area (Å²) >= 11 is 0. The molecular weight excluding hydrogens is 593 g/mol. The minimum absolute atomic E-state index is 0.231. The van der Waals surface area contributed by atoms with Crippen LogP contribution in [0.2, 0.25) is 19.1 Å². The molecule has 0 spiro atoms. The average molecular weight is 665 g/mol. The lowest BCUT2D eigenvalue weighted by atomic mass is 9.68. The molecule has 2 saturated carbocycles. The summed E-state index contributed by atoms with van der Waals surface area (Å²) in [5.74, 6) is 4.89. The molecule has 47 heavy (non-hydrogen) atoms. The summed E-state index contributed by atoms with van der Waals surface area (Å²) in [5.41, 5.74) is 2.73. The zero-order valence-electron chi connectivity index (χ0n) is 31.4. The van der Waals surface area contributed by atoms with Gasteiger partial charge < -0.3 is 14.2 Å². The van der Waals surface area contributed by atoms with Crippen molar-refractivity contribution in [3.63, 3.8) is 0 Å². The number of allylic oxidation sites excluding steroid dienone is 1. The van der Waals surface area contributed by atoms with E-state index in [0.29, 0.717) is 18.3 Å². The van der Waals surface area contributed by atoms with Crippen LogP contribution in [0.15, 0.2) is 48.8 Å². The van der Waals surface area contributed by atoms with Crippen LogP contribution in [0.4, 0.5) is 0 Å². The maximum atomic E-state index is 6.35. The summed E-state index contributed by atoms with van der Waals surface area (Å²) in [7, 11) is -1.53. The quantitative estimate of drug-likeness (QED) is 0.0566. The van der Waals surface area contributed by atoms with Crippen LogP contribution in [0.1, 0.15) is 135 Å². The first-order chi connectivity index (χ1) is 22.6. The molecule has 3 fully saturated rings. The highest BCUT2D eigenvalue weighted by molar-refractivity contribution is 6.89. The van der Waals surface area contributed by atoms with Gasteiger partial charge in [-0.25, -0.2) is 0 Å². The fourth-order valence-corrected chi connectivity index (χ4v) is 11.4. The maximum Gasteiger partial charge on any atom is 0.114 e. The van der Waals surface area contributed by atoms with Crippen molar-refractivity contribution in [2.45, 2.75) is 149 Å². The van der Waals surface area contributed by atoms with Gasteiger partial charge >= 0.3 is 0 Å².